The third kappa shape index (κ3) is 6.31. The van der Waals surface area contributed by atoms with Gasteiger partial charge < -0.3 is 9.47 Å². The van der Waals surface area contributed by atoms with Gasteiger partial charge in [0.05, 0.1) is 26.3 Å². The van der Waals surface area contributed by atoms with Gasteiger partial charge in [-0.15, -0.1) is 22.7 Å². The molecular weight excluding hydrogens is 488 g/mol. The molecule has 0 aliphatic carbocycles. The van der Waals surface area contributed by atoms with Crippen molar-refractivity contribution >= 4 is 22.7 Å². The van der Waals surface area contributed by atoms with E-state index < -0.39 is 0 Å². The van der Waals surface area contributed by atoms with Gasteiger partial charge in [0.25, 0.3) is 0 Å². The Bertz CT molecular complexity index is 1140. The van der Waals surface area contributed by atoms with Crippen molar-refractivity contribution in [2.24, 2.45) is 0 Å². The normalized spacial score (nSPS) is 13.2. The van der Waals surface area contributed by atoms with Gasteiger partial charge in [0.15, 0.2) is 0 Å². The average molecular weight is 523 g/mol. The van der Waals surface area contributed by atoms with E-state index in [2.05, 4.69) is 62.0 Å². The van der Waals surface area contributed by atoms with E-state index in [1.165, 1.54) is 20.9 Å². The van der Waals surface area contributed by atoms with E-state index in [-0.39, 0.29) is 12.1 Å². The van der Waals surface area contributed by atoms with E-state index in [4.69, 9.17) is 19.4 Å². The molecule has 2 aromatic heterocycles. The topological polar surface area (TPSA) is 50.7 Å². The fourth-order valence-corrected chi connectivity index (χ4v) is 5.79. The zero-order valence-corrected chi connectivity index (χ0v) is 23.4. The predicted molar refractivity (Wildman–Crippen MR) is 148 cm³/mol. The summed E-state index contributed by atoms with van der Waals surface area (Å²) in [5.41, 5.74) is 2.41. The summed E-state index contributed by atoms with van der Waals surface area (Å²) >= 11 is 3.50. The summed E-state index contributed by atoms with van der Waals surface area (Å²) in [5, 5.41) is 7.07. The smallest absolute Gasteiger partial charge is 0.118 e. The maximum absolute atomic E-state index is 5.39. The van der Waals surface area contributed by atoms with Gasteiger partial charge in [-0.25, -0.2) is 20.0 Å². The second-order valence-corrected chi connectivity index (χ2v) is 11.4. The minimum atomic E-state index is 0.0764. The van der Waals surface area contributed by atoms with Crippen LogP contribution in [-0.2, 0) is 13.1 Å². The number of hydrogen-bond acceptors (Lipinski definition) is 8. The Morgan fingerprint density at radius 1 is 0.667 bits per heavy atom. The van der Waals surface area contributed by atoms with Crippen molar-refractivity contribution in [2.75, 3.05) is 14.2 Å². The molecule has 2 aromatic carbocycles. The Hall–Kier alpha value is -2.78. The number of aromatic nitrogens is 2. The highest BCUT2D eigenvalue weighted by atomic mass is 32.1. The third-order valence-corrected chi connectivity index (χ3v) is 8.39. The third-order valence-electron chi connectivity index (χ3n) is 6.22. The number of benzene rings is 2. The maximum atomic E-state index is 5.39. The number of rotatable bonds is 11. The van der Waals surface area contributed by atoms with Crippen molar-refractivity contribution in [3.63, 3.8) is 0 Å². The van der Waals surface area contributed by atoms with Gasteiger partial charge in [0.2, 0.25) is 0 Å². The monoisotopic (exact) mass is 522 g/mol. The summed E-state index contributed by atoms with van der Waals surface area (Å²) < 4.78 is 10.8. The van der Waals surface area contributed by atoms with E-state index in [1.807, 2.05) is 36.7 Å². The molecule has 0 N–H and O–H groups in total. The summed E-state index contributed by atoms with van der Waals surface area (Å²) in [5.74, 6) is 1.71. The second-order valence-electron chi connectivity index (χ2n) is 8.86. The van der Waals surface area contributed by atoms with Crippen LogP contribution >= 0.6 is 22.7 Å². The molecule has 6 nitrogen and oxygen atoms in total. The van der Waals surface area contributed by atoms with Crippen LogP contribution in [0.1, 0.15) is 56.8 Å². The van der Waals surface area contributed by atoms with Crippen molar-refractivity contribution in [3.8, 4) is 11.5 Å². The van der Waals surface area contributed by atoms with Crippen molar-refractivity contribution in [2.45, 2.75) is 52.9 Å². The van der Waals surface area contributed by atoms with E-state index in [0.717, 1.165) is 34.6 Å². The van der Waals surface area contributed by atoms with Crippen LogP contribution in [0.15, 0.2) is 60.9 Å². The largest absolute Gasteiger partial charge is 0.497 e. The molecule has 8 heteroatoms. The molecule has 0 amide bonds. The number of nitrogens with zero attached hydrogens (tertiary/aromatic N) is 4. The lowest BCUT2D eigenvalue weighted by Gasteiger charge is -2.41. The zero-order chi connectivity index (χ0) is 25.7. The van der Waals surface area contributed by atoms with Crippen molar-refractivity contribution in [1.82, 2.24) is 20.0 Å². The van der Waals surface area contributed by atoms with Gasteiger partial charge in [-0.1, -0.05) is 24.3 Å². The van der Waals surface area contributed by atoms with Gasteiger partial charge in [0.1, 0.15) is 21.5 Å². The first-order valence-corrected chi connectivity index (χ1v) is 13.6. The molecule has 0 radical (unpaired) electrons. The number of aryl methyl sites for hydroxylation is 2. The lowest BCUT2D eigenvalue weighted by molar-refractivity contribution is -0.102. The number of ether oxygens (including phenoxy) is 2. The quantitative estimate of drug-likeness (QED) is 0.198. The fourth-order valence-electron chi connectivity index (χ4n) is 4.12. The summed E-state index contributed by atoms with van der Waals surface area (Å²) in [6.07, 6.45) is 3.92. The summed E-state index contributed by atoms with van der Waals surface area (Å²) in [6, 6.07) is 16.8. The summed E-state index contributed by atoms with van der Waals surface area (Å²) in [6.45, 7) is 10.2. The number of thiazole rings is 2. The molecule has 36 heavy (non-hydrogen) atoms. The molecular formula is C28H34N4O2S2. The molecule has 0 bridgehead atoms. The zero-order valence-electron chi connectivity index (χ0n) is 21.8. The Balaban J connectivity index is 1.74. The van der Waals surface area contributed by atoms with Gasteiger partial charge in [0, 0.05) is 35.2 Å². The maximum Gasteiger partial charge on any atom is 0.118 e. The first-order chi connectivity index (χ1) is 17.4. The SMILES string of the molecule is COc1ccc(CN(C(C)c2ncc(C)s2)N(Cc2ccc(OC)cc2)C(C)c2ncc(C)s2)cc1. The minimum absolute atomic E-state index is 0.0764. The molecule has 4 rings (SSSR count). The van der Waals surface area contributed by atoms with Crippen LogP contribution in [0.4, 0.5) is 0 Å². The van der Waals surface area contributed by atoms with E-state index in [1.54, 1.807) is 36.9 Å². The highest BCUT2D eigenvalue weighted by Gasteiger charge is 2.30. The molecule has 0 spiro atoms. The van der Waals surface area contributed by atoms with Crippen molar-refractivity contribution in [1.29, 1.82) is 0 Å². The van der Waals surface area contributed by atoms with Crippen LogP contribution in [0.3, 0.4) is 0 Å². The van der Waals surface area contributed by atoms with Crippen LogP contribution in [0, 0.1) is 13.8 Å². The summed E-state index contributed by atoms with van der Waals surface area (Å²) in [7, 11) is 3.39. The first kappa shape index (κ1) is 26.3. The lowest BCUT2D eigenvalue weighted by Crippen LogP contribution is -2.44. The lowest BCUT2D eigenvalue weighted by atomic mass is 10.1. The predicted octanol–water partition coefficient (Wildman–Crippen LogP) is 6.98. The van der Waals surface area contributed by atoms with Gasteiger partial charge >= 0.3 is 0 Å². The molecule has 0 aliphatic rings. The van der Waals surface area contributed by atoms with Crippen molar-refractivity contribution in [3.05, 3.63) is 91.8 Å². The number of hydrogen-bond donors (Lipinski definition) is 0. The molecule has 190 valence electrons. The minimum Gasteiger partial charge on any atom is -0.497 e. The Morgan fingerprint density at radius 2 is 1.03 bits per heavy atom. The molecule has 0 saturated carbocycles. The van der Waals surface area contributed by atoms with Crippen LogP contribution in [0.25, 0.3) is 0 Å². The highest BCUT2D eigenvalue weighted by Crippen LogP contribution is 2.35. The van der Waals surface area contributed by atoms with Crippen LogP contribution in [-0.4, -0.2) is 34.2 Å². The molecule has 2 heterocycles. The van der Waals surface area contributed by atoms with Crippen LogP contribution < -0.4 is 9.47 Å². The van der Waals surface area contributed by atoms with E-state index in [0.29, 0.717) is 0 Å². The molecule has 2 atom stereocenters. The molecule has 0 fully saturated rings. The van der Waals surface area contributed by atoms with Gasteiger partial charge in [-0.2, -0.15) is 0 Å². The van der Waals surface area contributed by atoms with Crippen LogP contribution in [0.2, 0.25) is 0 Å². The van der Waals surface area contributed by atoms with Gasteiger partial charge in [-0.3, -0.25) is 0 Å². The first-order valence-electron chi connectivity index (χ1n) is 12.0. The average Bonchev–Trinajstić information content (AvgIpc) is 3.54. The van der Waals surface area contributed by atoms with Gasteiger partial charge in [-0.05, 0) is 63.1 Å². The second kappa shape index (κ2) is 12.0. The van der Waals surface area contributed by atoms with E-state index in [9.17, 15) is 0 Å². The Kier molecular flexibility index (Phi) is 8.74. The van der Waals surface area contributed by atoms with Crippen LogP contribution in [0.5, 0.6) is 11.5 Å². The molecule has 2 unspecified atom stereocenters. The fraction of sp³-hybridized carbons (Fsp3) is 0.357. The molecule has 4 aromatic rings. The highest BCUT2D eigenvalue weighted by molar-refractivity contribution is 7.11. The molecule has 0 aliphatic heterocycles. The molecule has 0 saturated heterocycles. The number of methoxy groups -OCH3 is 2. The number of hydrazine groups is 1. The van der Waals surface area contributed by atoms with Crippen molar-refractivity contribution < 1.29 is 9.47 Å². The summed E-state index contributed by atoms with van der Waals surface area (Å²) in [4.78, 5) is 11.9. The van der Waals surface area contributed by atoms with E-state index >= 15 is 0 Å². The Labute approximate surface area is 222 Å². The standard InChI is InChI=1S/C28H34N4O2S2/c1-19-15-29-27(35-19)21(3)31(17-23-7-11-25(33-5)12-8-23)32(22(4)28-30-16-20(2)36-28)18-24-9-13-26(34-6)14-10-24/h7-16,21-22H,17-18H2,1-6H3. The Morgan fingerprint density at radius 3 is 1.31 bits per heavy atom.